The number of halogens is 2. The molecule has 1 heterocycles. The van der Waals surface area contributed by atoms with Crippen molar-refractivity contribution >= 4 is 11.6 Å². The molecule has 0 aliphatic heterocycles. The van der Waals surface area contributed by atoms with Crippen LogP contribution in [0.25, 0.3) is 0 Å². The van der Waals surface area contributed by atoms with Crippen LogP contribution in [0.15, 0.2) is 36.7 Å². The monoisotopic (exact) mass is 279 g/mol. The van der Waals surface area contributed by atoms with Crippen LogP contribution >= 0.6 is 11.6 Å². The van der Waals surface area contributed by atoms with E-state index in [1.54, 1.807) is 24.5 Å². The third-order valence-corrected chi connectivity index (χ3v) is 3.46. The minimum Gasteiger partial charge on any atom is -0.271 e. The summed E-state index contributed by atoms with van der Waals surface area (Å²) in [4.78, 5) is 4.04. The Hall–Kier alpha value is -1.49. The first-order valence-electron chi connectivity index (χ1n) is 5.93. The average Bonchev–Trinajstić information content (AvgIpc) is 2.40. The van der Waals surface area contributed by atoms with Gasteiger partial charge in [0.15, 0.2) is 0 Å². The van der Waals surface area contributed by atoms with E-state index in [2.05, 4.69) is 10.4 Å². The molecule has 100 valence electrons. The summed E-state index contributed by atoms with van der Waals surface area (Å²) >= 11 is 6.04. The summed E-state index contributed by atoms with van der Waals surface area (Å²) in [6, 6.07) is 6.32. The van der Waals surface area contributed by atoms with E-state index in [1.165, 1.54) is 6.07 Å². The molecule has 3 nitrogen and oxygen atoms in total. The molecule has 0 amide bonds. The van der Waals surface area contributed by atoms with E-state index < -0.39 is 0 Å². The molecule has 1 atom stereocenters. The molecular formula is C14H15ClFN3. The molecule has 0 aliphatic rings. The molecule has 2 aromatic rings. The zero-order valence-corrected chi connectivity index (χ0v) is 11.3. The Morgan fingerprint density at radius 3 is 2.84 bits per heavy atom. The van der Waals surface area contributed by atoms with E-state index >= 15 is 0 Å². The third kappa shape index (κ3) is 3.10. The third-order valence-electron chi connectivity index (χ3n) is 3.11. The molecule has 1 unspecified atom stereocenters. The Balaban J connectivity index is 2.32. The van der Waals surface area contributed by atoms with Gasteiger partial charge >= 0.3 is 0 Å². The first-order valence-corrected chi connectivity index (χ1v) is 6.30. The maximum atomic E-state index is 13.8. The van der Waals surface area contributed by atoms with Gasteiger partial charge in [0.05, 0.1) is 6.04 Å². The fraction of sp³-hybridized carbons (Fsp3) is 0.214. The van der Waals surface area contributed by atoms with E-state index in [-0.39, 0.29) is 11.9 Å². The molecular weight excluding hydrogens is 265 g/mol. The van der Waals surface area contributed by atoms with Gasteiger partial charge in [-0.3, -0.25) is 16.3 Å². The Bertz CT molecular complexity index is 554. The second kappa shape index (κ2) is 6.10. The maximum absolute atomic E-state index is 13.8. The highest BCUT2D eigenvalue weighted by Crippen LogP contribution is 2.26. The molecule has 5 heteroatoms. The van der Waals surface area contributed by atoms with Crippen molar-refractivity contribution < 1.29 is 4.39 Å². The quantitative estimate of drug-likeness (QED) is 0.668. The van der Waals surface area contributed by atoms with E-state index in [9.17, 15) is 4.39 Å². The van der Waals surface area contributed by atoms with Gasteiger partial charge in [0.25, 0.3) is 0 Å². The molecule has 1 aromatic carbocycles. The van der Waals surface area contributed by atoms with Gasteiger partial charge in [-0.1, -0.05) is 17.7 Å². The highest BCUT2D eigenvalue weighted by molar-refractivity contribution is 6.31. The van der Waals surface area contributed by atoms with Crippen molar-refractivity contribution in [1.29, 1.82) is 0 Å². The number of aryl methyl sites for hydroxylation is 1. The van der Waals surface area contributed by atoms with Crippen molar-refractivity contribution in [2.24, 2.45) is 5.84 Å². The van der Waals surface area contributed by atoms with Gasteiger partial charge in [-0.25, -0.2) is 4.39 Å². The van der Waals surface area contributed by atoms with Crippen LogP contribution < -0.4 is 11.3 Å². The number of hydrogen-bond acceptors (Lipinski definition) is 3. The minimum absolute atomic E-state index is 0.211. The minimum atomic E-state index is -0.320. The molecule has 19 heavy (non-hydrogen) atoms. The summed E-state index contributed by atoms with van der Waals surface area (Å²) in [6.45, 7) is 1.94. The van der Waals surface area contributed by atoms with Crippen LogP contribution in [0.4, 0.5) is 4.39 Å². The molecule has 0 saturated carbocycles. The standard InChI is InChI=1S/C14H15ClFN3/c1-9-8-18-6-5-10(9)14(19-17)7-11-12(15)3-2-4-13(11)16/h2-6,8,14,19H,7,17H2,1H3. The summed E-state index contributed by atoms with van der Waals surface area (Å²) in [5, 5.41) is 0.409. The number of aromatic nitrogens is 1. The Kier molecular flexibility index (Phi) is 4.47. The van der Waals surface area contributed by atoms with E-state index in [0.717, 1.165) is 11.1 Å². The maximum Gasteiger partial charge on any atom is 0.127 e. The number of nitrogens with two attached hydrogens (primary N) is 1. The van der Waals surface area contributed by atoms with Crippen LogP contribution in [0.3, 0.4) is 0 Å². The first kappa shape index (κ1) is 13.9. The number of hydrazine groups is 1. The molecule has 0 aliphatic carbocycles. The first-order chi connectivity index (χ1) is 9.13. The van der Waals surface area contributed by atoms with Gasteiger partial charge in [-0.15, -0.1) is 0 Å². The van der Waals surface area contributed by atoms with Crippen LogP contribution in [0, 0.1) is 12.7 Å². The lowest BCUT2D eigenvalue weighted by Crippen LogP contribution is -2.30. The smallest absolute Gasteiger partial charge is 0.127 e. The largest absolute Gasteiger partial charge is 0.271 e. The predicted octanol–water partition coefficient (Wildman–Crippen LogP) is 2.93. The molecule has 0 radical (unpaired) electrons. The lowest BCUT2D eigenvalue weighted by molar-refractivity contribution is 0.527. The Labute approximate surface area is 116 Å². The molecule has 0 bridgehead atoms. The van der Waals surface area contributed by atoms with Gasteiger partial charge in [0.1, 0.15) is 5.82 Å². The zero-order valence-electron chi connectivity index (χ0n) is 10.5. The van der Waals surface area contributed by atoms with Crippen LogP contribution in [0.1, 0.15) is 22.7 Å². The van der Waals surface area contributed by atoms with Crippen molar-refractivity contribution in [1.82, 2.24) is 10.4 Å². The summed E-state index contributed by atoms with van der Waals surface area (Å²) < 4.78 is 13.8. The second-order valence-electron chi connectivity index (χ2n) is 4.36. The van der Waals surface area contributed by atoms with E-state index in [0.29, 0.717) is 17.0 Å². The molecule has 1 aromatic heterocycles. The van der Waals surface area contributed by atoms with Crippen LogP contribution in [0.5, 0.6) is 0 Å². The topological polar surface area (TPSA) is 50.9 Å². The fourth-order valence-corrected chi connectivity index (χ4v) is 2.31. The number of hydrogen-bond donors (Lipinski definition) is 2. The van der Waals surface area contributed by atoms with Gasteiger partial charge in [0, 0.05) is 23.0 Å². The molecule has 3 N–H and O–H groups in total. The SMILES string of the molecule is Cc1cnccc1C(Cc1c(F)cccc1Cl)NN. The van der Waals surface area contributed by atoms with Crippen molar-refractivity contribution in [2.75, 3.05) is 0 Å². The van der Waals surface area contributed by atoms with Gasteiger partial charge in [-0.2, -0.15) is 0 Å². The van der Waals surface area contributed by atoms with Crippen molar-refractivity contribution in [3.63, 3.8) is 0 Å². The highest BCUT2D eigenvalue weighted by atomic mass is 35.5. The Morgan fingerprint density at radius 1 is 1.42 bits per heavy atom. The normalized spacial score (nSPS) is 12.4. The number of nitrogens with zero attached hydrogens (tertiary/aromatic N) is 1. The van der Waals surface area contributed by atoms with Crippen molar-refractivity contribution in [2.45, 2.75) is 19.4 Å². The summed E-state index contributed by atoms with van der Waals surface area (Å²) in [7, 11) is 0. The zero-order chi connectivity index (χ0) is 13.8. The van der Waals surface area contributed by atoms with Gasteiger partial charge < -0.3 is 0 Å². The van der Waals surface area contributed by atoms with E-state index in [4.69, 9.17) is 17.4 Å². The van der Waals surface area contributed by atoms with Gasteiger partial charge in [-0.05, 0) is 42.7 Å². The summed E-state index contributed by atoms with van der Waals surface area (Å²) in [5.74, 6) is 5.27. The summed E-state index contributed by atoms with van der Waals surface area (Å²) in [6.07, 6.45) is 3.82. The van der Waals surface area contributed by atoms with Crippen molar-refractivity contribution in [3.05, 3.63) is 64.2 Å². The molecule has 0 fully saturated rings. The molecule has 0 saturated heterocycles. The number of nitrogens with one attached hydrogen (secondary N) is 1. The van der Waals surface area contributed by atoms with Gasteiger partial charge in [0.2, 0.25) is 0 Å². The average molecular weight is 280 g/mol. The Morgan fingerprint density at radius 2 is 2.21 bits per heavy atom. The lowest BCUT2D eigenvalue weighted by Gasteiger charge is -2.19. The molecule has 0 spiro atoms. The number of benzene rings is 1. The molecule has 2 rings (SSSR count). The van der Waals surface area contributed by atoms with Crippen LogP contribution in [-0.2, 0) is 6.42 Å². The summed E-state index contributed by atoms with van der Waals surface area (Å²) in [5.41, 5.74) is 5.15. The van der Waals surface area contributed by atoms with Crippen LogP contribution in [0.2, 0.25) is 5.02 Å². The lowest BCUT2D eigenvalue weighted by atomic mass is 9.97. The second-order valence-corrected chi connectivity index (χ2v) is 4.76. The van der Waals surface area contributed by atoms with Crippen molar-refractivity contribution in [3.8, 4) is 0 Å². The predicted molar refractivity (Wildman–Crippen MR) is 74.2 cm³/mol. The fourth-order valence-electron chi connectivity index (χ4n) is 2.07. The number of rotatable bonds is 4. The van der Waals surface area contributed by atoms with Crippen LogP contribution in [-0.4, -0.2) is 4.98 Å². The number of pyridine rings is 1. The highest BCUT2D eigenvalue weighted by Gasteiger charge is 2.17. The van der Waals surface area contributed by atoms with E-state index in [1.807, 2.05) is 13.0 Å².